The average Bonchev–Trinajstić information content (AvgIpc) is 2.73. The van der Waals surface area contributed by atoms with Gasteiger partial charge in [0.25, 0.3) is 0 Å². The van der Waals surface area contributed by atoms with Gasteiger partial charge in [0.2, 0.25) is 0 Å². The highest BCUT2D eigenvalue weighted by Crippen LogP contribution is 2.44. The monoisotopic (exact) mass is 328 g/mol. The molecule has 1 heterocycles. The number of rotatable bonds is 8. The summed E-state index contributed by atoms with van der Waals surface area (Å²) in [5.41, 5.74) is 6.91. The molecule has 0 unspecified atom stereocenters. The molecule has 0 aliphatic heterocycles. The van der Waals surface area contributed by atoms with E-state index in [1.165, 1.54) is 5.00 Å². The van der Waals surface area contributed by atoms with Crippen LogP contribution < -0.4 is 10.6 Å². The number of hydrogen-bond acceptors (Lipinski definition) is 5. The number of ketones is 1. The van der Waals surface area contributed by atoms with Crippen LogP contribution in [0.3, 0.4) is 0 Å². The summed E-state index contributed by atoms with van der Waals surface area (Å²) < 4.78 is 0. The number of nitrogens with two attached hydrogens (primary N) is 1. The minimum absolute atomic E-state index is 0.146. The molecule has 5 heteroatoms. The van der Waals surface area contributed by atoms with Crippen LogP contribution >= 0.6 is 23.1 Å². The Labute approximate surface area is 137 Å². The summed E-state index contributed by atoms with van der Waals surface area (Å²) in [5, 5.41) is 1.17. The van der Waals surface area contributed by atoms with E-state index >= 15 is 0 Å². The number of carbonyl (C=O) groups is 1. The topological polar surface area (TPSA) is 46.3 Å². The summed E-state index contributed by atoms with van der Waals surface area (Å²) in [5.74, 6) is 1.30. The van der Waals surface area contributed by atoms with Crippen LogP contribution in [0.1, 0.15) is 50.7 Å². The first kappa shape index (κ1) is 18.4. The minimum Gasteiger partial charge on any atom is -0.396 e. The largest absolute Gasteiger partial charge is 0.396 e. The molecule has 0 fully saturated rings. The van der Waals surface area contributed by atoms with Gasteiger partial charge in [0, 0.05) is 19.5 Å². The van der Waals surface area contributed by atoms with Gasteiger partial charge in [-0.15, -0.1) is 23.1 Å². The number of thioether (sulfide) groups is 1. The van der Waals surface area contributed by atoms with Gasteiger partial charge in [-0.05, 0) is 18.1 Å². The van der Waals surface area contributed by atoms with E-state index < -0.39 is 0 Å². The van der Waals surface area contributed by atoms with E-state index in [1.54, 1.807) is 23.1 Å². The van der Waals surface area contributed by atoms with Crippen molar-refractivity contribution in [2.24, 2.45) is 11.8 Å². The SMILES string of the molecule is CCC(=O)c1sc(N(CC(C)C)CC(C)C)c(SC)c1N. The fourth-order valence-corrected chi connectivity index (χ4v) is 4.52. The predicted octanol–water partition coefficient (Wildman–Crippen LogP) is 4.76. The zero-order valence-corrected chi connectivity index (χ0v) is 15.7. The van der Waals surface area contributed by atoms with E-state index in [4.69, 9.17) is 5.73 Å². The van der Waals surface area contributed by atoms with Crippen molar-refractivity contribution in [3.05, 3.63) is 4.88 Å². The second kappa shape index (κ2) is 8.08. The fourth-order valence-electron chi connectivity index (χ4n) is 2.31. The number of nitrogen functional groups attached to an aromatic ring is 1. The number of thiophene rings is 1. The molecule has 0 aromatic carbocycles. The lowest BCUT2D eigenvalue weighted by atomic mass is 10.1. The van der Waals surface area contributed by atoms with E-state index in [-0.39, 0.29) is 5.78 Å². The molecular formula is C16H28N2OS2. The molecule has 0 aliphatic carbocycles. The molecule has 2 N–H and O–H groups in total. The van der Waals surface area contributed by atoms with Crippen molar-refractivity contribution in [1.82, 2.24) is 0 Å². The zero-order chi connectivity index (χ0) is 16.2. The Hall–Kier alpha value is -0.680. The number of hydrogen-bond donors (Lipinski definition) is 1. The van der Waals surface area contributed by atoms with Crippen molar-refractivity contribution in [3.63, 3.8) is 0 Å². The number of nitrogens with zero attached hydrogens (tertiary/aromatic N) is 1. The molecule has 0 bridgehead atoms. The van der Waals surface area contributed by atoms with Gasteiger partial charge in [-0.1, -0.05) is 34.6 Å². The fraction of sp³-hybridized carbons (Fsp3) is 0.688. The first-order valence-corrected chi connectivity index (χ1v) is 9.60. The van der Waals surface area contributed by atoms with E-state index in [0.717, 1.165) is 22.9 Å². The van der Waals surface area contributed by atoms with Crippen molar-refractivity contribution in [1.29, 1.82) is 0 Å². The van der Waals surface area contributed by atoms with Crippen molar-refractivity contribution < 1.29 is 4.79 Å². The lowest BCUT2D eigenvalue weighted by Gasteiger charge is -2.28. The van der Waals surface area contributed by atoms with E-state index in [0.29, 0.717) is 23.9 Å². The summed E-state index contributed by atoms with van der Waals surface area (Å²) >= 11 is 3.21. The van der Waals surface area contributed by atoms with Crippen molar-refractivity contribution in [2.45, 2.75) is 45.9 Å². The second-order valence-corrected chi connectivity index (χ2v) is 7.97. The Morgan fingerprint density at radius 2 is 1.76 bits per heavy atom. The Morgan fingerprint density at radius 3 is 2.14 bits per heavy atom. The number of anilines is 2. The maximum atomic E-state index is 12.1. The Balaban J connectivity index is 3.25. The molecule has 0 spiro atoms. The molecular weight excluding hydrogens is 300 g/mol. The van der Waals surface area contributed by atoms with Crippen LogP contribution in [0.15, 0.2) is 4.90 Å². The van der Waals surface area contributed by atoms with Crippen molar-refractivity contribution >= 4 is 39.6 Å². The van der Waals surface area contributed by atoms with Gasteiger partial charge in [0.15, 0.2) is 5.78 Å². The third-order valence-electron chi connectivity index (χ3n) is 3.12. The van der Waals surface area contributed by atoms with Crippen LogP contribution in [0.5, 0.6) is 0 Å². The highest BCUT2D eigenvalue weighted by molar-refractivity contribution is 7.99. The second-order valence-electron chi connectivity index (χ2n) is 6.15. The molecule has 0 radical (unpaired) electrons. The molecule has 1 aromatic heterocycles. The lowest BCUT2D eigenvalue weighted by molar-refractivity contribution is 0.0992. The third-order valence-corrected chi connectivity index (χ3v) is 5.38. The van der Waals surface area contributed by atoms with Gasteiger partial charge in [-0.2, -0.15) is 0 Å². The minimum atomic E-state index is 0.146. The van der Waals surface area contributed by atoms with Gasteiger partial charge in [0.05, 0.1) is 15.5 Å². The highest BCUT2D eigenvalue weighted by Gasteiger charge is 2.24. The standard InChI is InChI=1S/C16H28N2OS2/c1-7-12(19)14-13(17)15(20-6)16(21-14)18(8-10(2)3)9-11(4)5/h10-11H,7-9,17H2,1-6H3. The highest BCUT2D eigenvalue weighted by atomic mass is 32.2. The van der Waals surface area contributed by atoms with Crippen molar-refractivity contribution in [3.8, 4) is 0 Å². The Kier molecular flexibility index (Phi) is 7.07. The molecule has 120 valence electrons. The molecule has 0 saturated heterocycles. The van der Waals surface area contributed by atoms with Crippen LogP contribution in [-0.2, 0) is 0 Å². The number of carbonyl (C=O) groups excluding carboxylic acids is 1. The molecule has 1 rings (SSSR count). The molecule has 3 nitrogen and oxygen atoms in total. The molecule has 0 saturated carbocycles. The van der Waals surface area contributed by atoms with E-state index in [2.05, 4.69) is 32.6 Å². The first-order valence-electron chi connectivity index (χ1n) is 7.56. The van der Waals surface area contributed by atoms with Gasteiger partial charge in [-0.3, -0.25) is 4.79 Å². The summed E-state index contributed by atoms with van der Waals surface area (Å²) in [6, 6.07) is 0. The van der Waals surface area contributed by atoms with Crippen LogP contribution in [0.25, 0.3) is 0 Å². The normalized spacial score (nSPS) is 11.4. The Bertz CT molecular complexity index is 471. The molecule has 0 amide bonds. The van der Waals surface area contributed by atoms with Gasteiger partial charge >= 0.3 is 0 Å². The summed E-state index contributed by atoms with van der Waals surface area (Å²) in [4.78, 5) is 16.3. The zero-order valence-electron chi connectivity index (χ0n) is 14.0. The Morgan fingerprint density at radius 1 is 1.24 bits per heavy atom. The van der Waals surface area contributed by atoms with Gasteiger partial charge < -0.3 is 10.6 Å². The third kappa shape index (κ3) is 4.65. The van der Waals surface area contributed by atoms with Gasteiger partial charge in [-0.25, -0.2) is 0 Å². The van der Waals surface area contributed by atoms with Crippen LogP contribution in [0.4, 0.5) is 10.7 Å². The molecule has 0 aliphatic rings. The molecule has 0 atom stereocenters. The number of Topliss-reactive ketones (excluding diaryl/α,β-unsaturated/α-hetero) is 1. The predicted molar refractivity (Wildman–Crippen MR) is 97.0 cm³/mol. The molecule has 1 aromatic rings. The van der Waals surface area contributed by atoms with Crippen molar-refractivity contribution in [2.75, 3.05) is 30.0 Å². The van der Waals surface area contributed by atoms with Crippen LogP contribution in [-0.4, -0.2) is 25.1 Å². The lowest BCUT2D eigenvalue weighted by Crippen LogP contribution is -2.31. The summed E-state index contributed by atoms with van der Waals surface area (Å²) in [6.45, 7) is 12.8. The quantitative estimate of drug-likeness (QED) is 0.552. The van der Waals surface area contributed by atoms with Gasteiger partial charge in [0.1, 0.15) is 5.00 Å². The maximum absolute atomic E-state index is 12.1. The summed E-state index contributed by atoms with van der Waals surface area (Å²) in [7, 11) is 0. The first-order chi connectivity index (χ1) is 9.81. The van der Waals surface area contributed by atoms with E-state index in [9.17, 15) is 4.79 Å². The average molecular weight is 329 g/mol. The van der Waals surface area contributed by atoms with Crippen LogP contribution in [0, 0.1) is 11.8 Å². The molecule has 21 heavy (non-hydrogen) atoms. The van der Waals surface area contributed by atoms with Crippen LogP contribution in [0.2, 0.25) is 0 Å². The maximum Gasteiger partial charge on any atom is 0.174 e. The smallest absolute Gasteiger partial charge is 0.174 e. The van der Waals surface area contributed by atoms with E-state index in [1.807, 2.05) is 13.2 Å². The summed E-state index contributed by atoms with van der Waals surface area (Å²) in [6.07, 6.45) is 2.54.